The lowest BCUT2D eigenvalue weighted by Gasteiger charge is -2.33. The Kier molecular flexibility index (Phi) is 5.58. The summed E-state index contributed by atoms with van der Waals surface area (Å²) in [6.45, 7) is 8.33. The van der Waals surface area contributed by atoms with Gasteiger partial charge in [-0.2, -0.15) is 10.2 Å². The molecule has 12 heteroatoms. The Morgan fingerprint density at radius 1 is 1.24 bits per heavy atom. The van der Waals surface area contributed by atoms with E-state index in [1.807, 2.05) is 40.2 Å². The molecule has 2 aliphatic rings. The molecule has 2 N–H and O–H groups in total. The Bertz CT molecular complexity index is 1220. The molecule has 5 heterocycles. The average molecular weight is 467 g/mol. The molecule has 1 fully saturated rings. The van der Waals surface area contributed by atoms with Gasteiger partial charge < -0.3 is 20.4 Å². The molecule has 0 bridgehead atoms. The molecule has 34 heavy (non-hydrogen) atoms. The predicted octanol–water partition coefficient (Wildman–Crippen LogP) is 1.16. The van der Waals surface area contributed by atoms with Gasteiger partial charge in [0.25, 0.3) is 5.91 Å². The molecule has 3 aromatic heterocycles. The Hall–Kier alpha value is -3.70. The number of aromatic nitrogens is 6. The van der Waals surface area contributed by atoms with E-state index >= 15 is 0 Å². The first-order chi connectivity index (χ1) is 16.3. The first kappa shape index (κ1) is 22.1. The molecule has 1 atom stereocenters. The number of piperidine rings is 1. The molecule has 3 aromatic rings. The maximum atomic E-state index is 12.5. The monoisotopic (exact) mass is 466 g/mol. The van der Waals surface area contributed by atoms with Gasteiger partial charge in [0.05, 0.1) is 18.1 Å². The van der Waals surface area contributed by atoms with Crippen molar-refractivity contribution in [3.8, 4) is 11.3 Å². The summed E-state index contributed by atoms with van der Waals surface area (Å²) in [4.78, 5) is 29.4. The van der Waals surface area contributed by atoms with E-state index in [0.717, 1.165) is 48.7 Å². The van der Waals surface area contributed by atoms with Gasteiger partial charge in [-0.25, -0.2) is 14.5 Å². The number of amides is 1. The number of rotatable bonds is 5. The third kappa shape index (κ3) is 4.39. The van der Waals surface area contributed by atoms with Crippen molar-refractivity contribution >= 4 is 23.2 Å². The number of fused-ring (bicyclic) bond motifs is 1. The van der Waals surface area contributed by atoms with E-state index in [1.54, 1.807) is 21.7 Å². The highest BCUT2D eigenvalue weighted by atomic mass is 16.7. The summed E-state index contributed by atoms with van der Waals surface area (Å²) in [6.07, 6.45) is 8.70. The predicted molar refractivity (Wildman–Crippen MR) is 126 cm³/mol. The number of aryl methyl sites for hydroxylation is 1. The number of hydrogen-bond donors (Lipinski definition) is 2. The quantitative estimate of drug-likeness (QED) is 0.574. The fourth-order valence-corrected chi connectivity index (χ4v) is 4.15. The van der Waals surface area contributed by atoms with Crippen LogP contribution in [0.3, 0.4) is 0 Å². The second-order valence-electron chi connectivity index (χ2n) is 9.96. The summed E-state index contributed by atoms with van der Waals surface area (Å²) in [5.41, 5.74) is 2.31. The fourth-order valence-electron chi connectivity index (χ4n) is 4.15. The number of nitrogens with one attached hydrogen (secondary N) is 2. The van der Waals surface area contributed by atoms with Gasteiger partial charge in [-0.3, -0.25) is 9.48 Å². The highest BCUT2D eigenvalue weighted by molar-refractivity contribution is 6.38. The Morgan fingerprint density at radius 3 is 2.71 bits per heavy atom. The van der Waals surface area contributed by atoms with Gasteiger partial charge >= 0.3 is 0 Å². The number of carbonyl (C=O) groups excluding carboxylic acids is 1. The molecule has 0 aliphatic carbocycles. The molecule has 1 saturated heterocycles. The van der Waals surface area contributed by atoms with Crippen molar-refractivity contribution in [2.45, 2.75) is 39.8 Å². The van der Waals surface area contributed by atoms with Crippen LogP contribution in [0, 0.1) is 11.3 Å². The molecule has 2 aliphatic heterocycles. The lowest BCUT2D eigenvalue weighted by molar-refractivity contribution is -0.115. The summed E-state index contributed by atoms with van der Waals surface area (Å²) in [5, 5.41) is 18.6. The minimum absolute atomic E-state index is 0.156. The Labute approximate surface area is 197 Å². The third-order valence-electron chi connectivity index (χ3n) is 6.23. The van der Waals surface area contributed by atoms with Crippen molar-refractivity contribution < 1.29 is 9.63 Å². The molecule has 1 unspecified atom stereocenters. The highest BCUT2D eigenvalue weighted by Gasteiger charge is 2.34. The summed E-state index contributed by atoms with van der Waals surface area (Å²) in [7, 11) is 1.88. The zero-order valence-electron chi connectivity index (χ0n) is 19.9. The smallest absolute Gasteiger partial charge is 0.290 e. The van der Waals surface area contributed by atoms with Gasteiger partial charge in [0.1, 0.15) is 6.33 Å². The second kappa shape index (κ2) is 8.58. The van der Waals surface area contributed by atoms with Gasteiger partial charge in [-0.1, -0.05) is 25.9 Å². The van der Waals surface area contributed by atoms with Crippen LogP contribution in [0.4, 0.5) is 5.82 Å². The number of hydrogen-bond acceptors (Lipinski definition) is 9. The summed E-state index contributed by atoms with van der Waals surface area (Å²) in [5.74, 6) is 1.20. The molecule has 12 nitrogen and oxygen atoms in total. The van der Waals surface area contributed by atoms with Crippen LogP contribution >= 0.6 is 0 Å². The van der Waals surface area contributed by atoms with Crippen LogP contribution < -0.4 is 15.5 Å². The molecule has 0 radical (unpaired) electrons. The minimum atomic E-state index is -0.305. The van der Waals surface area contributed by atoms with Crippen molar-refractivity contribution in [2.75, 3.05) is 24.5 Å². The Morgan fingerprint density at radius 2 is 2.03 bits per heavy atom. The molecule has 180 valence electrons. The number of nitrogens with zero attached hydrogens (tertiary/aromatic N) is 8. The van der Waals surface area contributed by atoms with Gasteiger partial charge in [-0.05, 0) is 18.8 Å². The standard InChI is InChI=1S/C22H30N10O2/c1-22(2,3)21-28-17(29-34-21)20(33)23-9-14-5-7-31(8-6-14)19-18-24-13-26-32(18)12-16(27-19)15-10-25-30(4)11-15/h10-14,21H,5-9H2,1-4H3,(H,23,33)(H,28,29). The summed E-state index contributed by atoms with van der Waals surface area (Å²) >= 11 is 0. The van der Waals surface area contributed by atoms with E-state index in [-0.39, 0.29) is 23.4 Å². The summed E-state index contributed by atoms with van der Waals surface area (Å²) in [6, 6.07) is 0. The van der Waals surface area contributed by atoms with E-state index in [2.05, 4.69) is 35.9 Å². The van der Waals surface area contributed by atoms with E-state index < -0.39 is 0 Å². The molecular formula is C22H30N10O2. The lowest BCUT2D eigenvalue weighted by atomic mass is 9.94. The van der Waals surface area contributed by atoms with Crippen LogP contribution in [0.1, 0.15) is 33.6 Å². The first-order valence-electron chi connectivity index (χ1n) is 11.5. The molecule has 1 amide bonds. The number of anilines is 1. The first-order valence-corrected chi connectivity index (χ1v) is 11.5. The topological polar surface area (TPSA) is 127 Å². The fraction of sp³-hybridized carbons (Fsp3) is 0.545. The van der Waals surface area contributed by atoms with Crippen molar-refractivity contribution in [3.05, 3.63) is 24.9 Å². The number of carbonyl (C=O) groups is 1. The zero-order chi connectivity index (χ0) is 23.9. The highest BCUT2D eigenvalue weighted by Crippen LogP contribution is 2.27. The lowest BCUT2D eigenvalue weighted by Crippen LogP contribution is -2.47. The van der Waals surface area contributed by atoms with E-state index in [9.17, 15) is 4.79 Å². The SMILES string of the molecule is Cn1cc(-c2cn3ncnc3c(N3CCC(CNC(=O)C4=NOC(C(C)(C)C)N4)CC3)n2)cn1. The van der Waals surface area contributed by atoms with Crippen LogP contribution in [0.5, 0.6) is 0 Å². The number of amidine groups is 1. The van der Waals surface area contributed by atoms with Crippen molar-refractivity contribution in [3.63, 3.8) is 0 Å². The summed E-state index contributed by atoms with van der Waals surface area (Å²) < 4.78 is 3.52. The van der Waals surface area contributed by atoms with Crippen LogP contribution in [0.15, 0.2) is 30.1 Å². The van der Waals surface area contributed by atoms with Crippen LogP contribution in [0.2, 0.25) is 0 Å². The van der Waals surface area contributed by atoms with Crippen LogP contribution in [-0.4, -0.2) is 67.0 Å². The van der Waals surface area contributed by atoms with Gasteiger partial charge in [0, 0.05) is 43.9 Å². The van der Waals surface area contributed by atoms with Gasteiger partial charge in [0.2, 0.25) is 12.1 Å². The van der Waals surface area contributed by atoms with Crippen molar-refractivity contribution in [1.82, 2.24) is 40.0 Å². The van der Waals surface area contributed by atoms with Crippen LogP contribution in [0.25, 0.3) is 16.9 Å². The molecule has 5 rings (SSSR count). The maximum Gasteiger partial charge on any atom is 0.290 e. The van der Waals surface area contributed by atoms with E-state index in [4.69, 9.17) is 9.82 Å². The van der Waals surface area contributed by atoms with Crippen molar-refractivity contribution in [2.24, 2.45) is 23.5 Å². The molecular weight excluding hydrogens is 436 g/mol. The Balaban J connectivity index is 1.20. The molecule has 0 aromatic carbocycles. The third-order valence-corrected chi connectivity index (χ3v) is 6.23. The van der Waals surface area contributed by atoms with Gasteiger partial charge in [0.15, 0.2) is 11.5 Å². The number of oxime groups is 1. The normalized spacial score (nSPS) is 19.1. The average Bonchev–Trinajstić information content (AvgIpc) is 3.57. The molecule has 0 saturated carbocycles. The van der Waals surface area contributed by atoms with E-state index in [0.29, 0.717) is 12.5 Å². The largest absolute Gasteiger partial charge is 0.368 e. The van der Waals surface area contributed by atoms with Gasteiger partial charge in [-0.15, -0.1) is 0 Å². The van der Waals surface area contributed by atoms with E-state index in [1.165, 1.54) is 0 Å². The maximum absolute atomic E-state index is 12.5. The zero-order valence-corrected chi connectivity index (χ0v) is 19.9. The minimum Gasteiger partial charge on any atom is -0.368 e. The second-order valence-corrected chi connectivity index (χ2v) is 9.96. The van der Waals surface area contributed by atoms with Crippen LogP contribution in [-0.2, 0) is 16.7 Å². The van der Waals surface area contributed by atoms with Crippen molar-refractivity contribution in [1.29, 1.82) is 0 Å². The molecule has 0 spiro atoms.